The van der Waals surface area contributed by atoms with Crippen LogP contribution in [0.3, 0.4) is 0 Å². The summed E-state index contributed by atoms with van der Waals surface area (Å²) >= 11 is 0. The fourth-order valence-electron chi connectivity index (χ4n) is 2.37. The molecule has 1 amide bonds. The summed E-state index contributed by atoms with van der Waals surface area (Å²) in [5.74, 6) is -1.56. The van der Waals surface area contributed by atoms with Crippen LogP contribution >= 0.6 is 0 Å². The van der Waals surface area contributed by atoms with E-state index in [0.29, 0.717) is 0 Å². The van der Waals surface area contributed by atoms with E-state index in [1.165, 1.54) is 0 Å². The summed E-state index contributed by atoms with van der Waals surface area (Å²) in [6.45, 7) is 5.10. The summed E-state index contributed by atoms with van der Waals surface area (Å²) in [7, 11) is 0. The second-order valence-corrected chi connectivity index (χ2v) is 6.53. The largest absolute Gasteiger partial charge is 0.480 e. The highest BCUT2D eigenvalue weighted by Crippen LogP contribution is 2.28. The Kier molecular flexibility index (Phi) is 4.87. The summed E-state index contributed by atoms with van der Waals surface area (Å²) in [5, 5.41) is 13.2. The van der Waals surface area contributed by atoms with Gasteiger partial charge in [-0.25, -0.2) is 9.59 Å². The molecular weight excluding hydrogens is 312 g/mol. The highest BCUT2D eigenvalue weighted by Gasteiger charge is 2.35. The fourth-order valence-corrected chi connectivity index (χ4v) is 2.37. The number of hydrogen-bond donors (Lipinski definition) is 2. The van der Waals surface area contributed by atoms with E-state index in [1.807, 2.05) is 18.2 Å². The minimum Gasteiger partial charge on any atom is -0.480 e. The van der Waals surface area contributed by atoms with Crippen molar-refractivity contribution >= 4 is 11.9 Å². The van der Waals surface area contributed by atoms with E-state index in [1.54, 1.807) is 32.9 Å². The third-order valence-corrected chi connectivity index (χ3v) is 3.45. The van der Waals surface area contributed by atoms with Crippen LogP contribution in [-0.2, 0) is 16.0 Å². The molecule has 0 bridgehead atoms. The van der Waals surface area contributed by atoms with Gasteiger partial charge in [0.2, 0.25) is 5.91 Å². The molecule has 0 aliphatic heterocycles. The molecule has 2 aromatic rings. The second-order valence-electron chi connectivity index (χ2n) is 6.53. The number of carboxylic acids is 1. The molecule has 2 rings (SSSR count). The highest BCUT2D eigenvalue weighted by molar-refractivity contribution is 5.85. The molecule has 0 fully saturated rings. The van der Waals surface area contributed by atoms with Crippen molar-refractivity contribution in [2.75, 3.05) is 5.43 Å². The lowest BCUT2D eigenvalue weighted by Gasteiger charge is -2.25. The molecule has 24 heavy (non-hydrogen) atoms. The van der Waals surface area contributed by atoms with Gasteiger partial charge in [-0.1, -0.05) is 51.1 Å². The van der Waals surface area contributed by atoms with Crippen LogP contribution in [0.25, 0.3) is 0 Å². The number of carbonyl (C=O) groups is 2. The Morgan fingerprint density at radius 2 is 1.88 bits per heavy atom. The van der Waals surface area contributed by atoms with Gasteiger partial charge in [0.15, 0.2) is 6.04 Å². The molecule has 8 heteroatoms. The van der Waals surface area contributed by atoms with Crippen LogP contribution in [0.2, 0.25) is 0 Å². The Labute approximate surface area is 138 Å². The van der Waals surface area contributed by atoms with Gasteiger partial charge in [0.25, 0.3) is 0 Å². The number of carbonyl (C=O) groups excluding carboxylic acids is 1. The van der Waals surface area contributed by atoms with Crippen molar-refractivity contribution in [2.24, 2.45) is 5.41 Å². The molecule has 2 N–H and O–H groups in total. The molecule has 1 heterocycles. The smallest absolute Gasteiger partial charge is 0.365 e. The zero-order chi connectivity index (χ0) is 17.9. The number of nitrogens with zero attached hydrogens (tertiary/aromatic N) is 3. The van der Waals surface area contributed by atoms with Gasteiger partial charge in [0.05, 0.1) is 6.42 Å². The van der Waals surface area contributed by atoms with Crippen molar-refractivity contribution in [1.29, 1.82) is 0 Å². The lowest BCUT2D eigenvalue weighted by Crippen LogP contribution is -2.41. The number of rotatable bonds is 5. The quantitative estimate of drug-likeness (QED) is 0.850. The first kappa shape index (κ1) is 17.5. The molecule has 0 saturated heterocycles. The molecule has 0 saturated carbocycles. The van der Waals surface area contributed by atoms with Crippen molar-refractivity contribution in [3.8, 4) is 0 Å². The van der Waals surface area contributed by atoms with E-state index in [4.69, 9.17) is 0 Å². The van der Waals surface area contributed by atoms with Crippen LogP contribution in [0.5, 0.6) is 0 Å². The first-order valence-electron chi connectivity index (χ1n) is 7.43. The minimum absolute atomic E-state index is 0.0973. The van der Waals surface area contributed by atoms with Gasteiger partial charge in [-0.2, -0.15) is 14.5 Å². The topological polar surface area (TPSA) is 106 Å². The normalized spacial score (nSPS) is 12.6. The van der Waals surface area contributed by atoms with Gasteiger partial charge in [0, 0.05) is 0 Å². The van der Waals surface area contributed by atoms with Crippen LogP contribution in [0, 0.1) is 5.41 Å². The van der Waals surface area contributed by atoms with Crippen LogP contribution < -0.4 is 11.1 Å². The number of aliphatic carboxylic acids is 1. The number of carboxylic acid groups (broad SMARTS) is 1. The fraction of sp³-hybridized carbons (Fsp3) is 0.375. The third-order valence-electron chi connectivity index (χ3n) is 3.45. The second kappa shape index (κ2) is 6.69. The van der Waals surface area contributed by atoms with Crippen molar-refractivity contribution in [1.82, 2.24) is 14.5 Å². The molecule has 1 aromatic heterocycles. The van der Waals surface area contributed by atoms with Crippen LogP contribution in [-0.4, -0.2) is 31.4 Å². The first-order valence-corrected chi connectivity index (χ1v) is 7.43. The Morgan fingerprint density at radius 3 is 2.42 bits per heavy atom. The number of nitrogens with one attached hydrogen (secondary N) is 1. The Morgan fingerprint density at radius 1 is 1.25 bits per heavy atom. The average Bonchev–Trinajstić information content (AvgIpc) is 2.80. The molecule has 0 aliphatic carbocycles. The molecule has 128 valence electrons. The van der Waals surface area contributed by atoms with Crippen LogP contribution in [0.15, 0.2) is 41.5 Å². The van der Waals surface area contributed by atoms with Crippen molar-refractivity contribution in [3.05, 3.63) is 52.7 Å². The van der Waals surface area contributed by atoms with Gasteiger partial charge in [0.1, 0.15) is 6.33 Å². The molecular formula is C16H20N4O4. The molecule has 8 nitrogen and oxygen atoms in total. The maximum absolute atomic E-state index is 12.3. The summed E-state index contributed by atoms with van der Waals surface area (Å²) in [4.78, 5) is 35.8. The standard InChI is InChI=1S/C16H20N4O4/c1-16(2,3)13(14(22)23)20-15(24)19(10-17-20)18-12(21)9-11-7-5-4-6-8-11/h4-8,10,13H,9H2,1-3H3,(H,18,21)(H,22,23). The van der Waals surface area contributed by atoms with E-state index in [0.717, 1.165) is 21.2 Å². The summed E-state index contributed by atoms with van der Waals surface area (Å²) < 4.78 is 1.76. The predicted molar refractivity (Wildman–Crippen MR) is 87.1 cm³/mol. The number of aromatic nitrogens is 3. The summed E-state index contributed by atoms with van der Waals surface area (Å²) in [6, 6.07) is 7.92. The monoisotopic (exact) mass is 332 g/mol. The predicted octanol–water partition coefficient (Wildman–Crippen LogP) is 1.03. The molecule has 0 radical (unpaired) electrons. The molecule has 0 aliphatic rings. The molecule has 0 spiro atoms. The lowest BCUT2D eigenvalue weighted by molar-refractivity contribution is -0.144. The molecule has 1 unspecified atom stereocenters. The van der Waals surface area contributed by atoms with Gasteiger partial charge >= 0.3 is 11.7 Å². The number of benzene rings is 1. The van der Waals surface area contributed by atoms with Crippen molar-refractivity contribution in [2.45, 2.75) is 33.2 Å². The molecule has 1 aromatic carbocycles. The maximum Gasteiger partial charge on any atom is 0.365 e. The van der Waals surface area contributed by atoms with E-state index < -0.39 is 29.0 Å². The van der Waals surface area contributed by atoms with E-state index >= 15 is 0 Å². The number of amides is 1. The van der Waals surface area contributed by atoms with E-state index in [2.05, 4.69) is 10.5 Å². The summed E-state index contributed by atoms with van der Waals surface area (Å²) in [5.41, 5.74) is 1.78. The van der Waals surface area contributed by atoms with Gasteiger partial charge in [-0.3, -0.25) is 10.2 Å². The Balaban J connectivity index is 2.19. The average molecular weight is 332 g/mol. The van der Waals surface area contributed by atoms with Gasteiger partial charge < -0.3 is 5.11 Å². The van der Waals surface area contributed by atoms with Gasteiger partial charge in [-0.15, -0.1) is 0 Å². The SMILES string of the molecule is CC(C)(C)C(C(=O)O)n1ncn(NC(=O)Cc2ccccc2)c1=O. The Hall–Kier alpha value is -2.90. The van der Waals surface area contributed by atoms with E-state index in [-0.39, 0.29) is 6.42 Å². The van der Waals surface area contributed by atoms with Crippen LogP contribution in [0.4, 0.5) is 0 Å². The van der Waals surface area contributed by atoms with Crippen molar-refractivity contribution in [3.63, 3.8) is 0 Å². The minimum atomic E-state index is -1.16. The zero-order valence-electron chi connectivity index (χ0n) is 13.8. The van der Waals surface area contributed by atoms with E-state index in [9.17, 15) is 19.5 Å². The lowest BCUT2D eigenvalue weighted by atomic mass is 9.87. The van der Waals surface area contributed by atoms with Crippen molar-refractivity contribution < 1.29 is 14.7 Å². The summed E-state index contributed by atoms with van der Waals surface area (Å²) in [6.07, 6.45) is 1.20. The van der Waals surface area contributed by atoms with Crippen LogP contribution in [0.1, 0.15) is 32.4 Å². The number of hydrogen-bond acceptors (Lipinski definition) is 4. The van der Waals surface area contributed by atoms with Gasteiger partial charge in [-0.05, 0) is 11.0 Å². The third kappa shape index (κ3) is 3.89. The Bertz CT molecular complexity index is 786. The maximum atomic E-state index is 12.3. The molecule has 1 atom stereocenters. The zero-order valence-corrected chi connectivity index (χ0v) is 13.8. The highest BCUT2D eigenvalue weighted by atomic mass is 16.4. The first-order chi connectivity index (χ1) is 11.2.